The van der Waals surface area contributed by atoms with Crippen LogP contribution in [-0.2, 0) is 10.2 Å². The van der Waals surface area contributed by atoms with E-state index in [1.807, 2.05) is 49.4 Å². The van der Waals surface area contributed by atoms with Crippen molar-refractivity contribution >= 4 is 16.8 Å². The van der Waals surface area contributed by atoms with Gasteiger partial charge in [0.15, 0.2) is 6.10 Å². The molecule has 2 aromatic carbocycles. The van der Waals surface area contributed by atoms with Crippen molar-refractivity contribution in [1.29, 1.82) is 0 Å². The smallest absolute Gasteiger partial charge is 0.262 e. The van der Waals surface area contributed by atoms with Crippen molar-refractivity contribution < 1.29 is 9.53 Å². The van der Waals surface area contributed by atoms with Gasteiger partial charge in [0.1, 0.15) is 5.75 Å². The van der Waals surface area contributed by atoms with E-state index < -0.39 is 11.3 Å². The van der Waals surface area contributed by atoms with Gasteiger partial charge in [-0.1, -0.05) is 63.2 Å². The Morgan fingerprint density at radius 2 is 1.59 bits per heavy atom. The topological polar surface area (TPSA) is 26.3 Å². The molecular weight excluding hydrogens is 296 g/mol. The molecule has 0 aliphatic heterocycles. The number of benzene rings is 2. The van der Waals surface area contributed by atoms with Crippen LogP contribution in [0.3, 0.4) is 0 Å². The third-order valence-electron chi connectivity index (χ3n) is 3.97. The first-order valence-electron chi connectivity index (χ1n) is 7.47. The lowest BCUT2D eigenvalue weighted by molar-refractivity contribution is -0.117. The van der Waals surface area contributed by atoms with Crippen LogP contribution in [0.1, 0.15) is 38.3 Å². The highest BCUT2D eigenvalue weighted by Gasteiger charge is 2.23. The minimum absolute atomic E-state index is 0.0910. The van der Waals surface area contributed by atoms with Crippen LogP contribution >= 0.6 is 11.6 Å². The second-order valence-corrected chi connectivity index (χ2v) is 6.21. The SMILES string of the molecule is CC[C@@H](Oc1ccc(C(C)(C)c2ccccc2)cc1)C(=O)Cl. The van der Waals surface area contributed by atoms with Crippen LogP contribution in [0, 0.1) is 0 Å². The minimum atomic E-state index is -0.588. The summed E-state index contributed by atoms with van der Waals surface area (Å²) in [6.45, 7) is 6.25. The monoisotopic (exact) mass is 316 g/mol. The molecule has 22 heavy (non-hydrogen) atoms. The van der Waals surface area contributed by atoms with Gasteiger partial charge in [0, 0.05) is 5.41 Å². The molecule has 0 saturated heterocycles. The summed E-state index contributed by atoms with van der Waals surface area (Å²) in [5.41, 5.74) is 2.36. The van der Waals surface area contributed by atoms with Crippen LogP contribution in [0.15, 0.2) is 54.6 Å². The number of halogens is 1. The molecule has 0 radical (unpaired) electrons. The maximum atomic E-state index is 11.2. The number of ether oxygens (including phenoxy) is 1. The van der Waals surface area contributed by atoms with Gasteiger partial charge in [-0.15, -0.1) is 0 Å². The Morgan fingerprint density at radius 3 is 2.09 bits per heavy atom. The molecule has 0 amide bonds. The zero-order valence-corrected chi connectivity index (χ0v) is 13.9. The van der Waals surface area contributed by atoms with E-state index in [1.165, 1.54) is 11.1 Å². The molecule has 0 aromatic heterocycles. The molecule has 3 heteroatoms. The number of rotatable bonds is 6. The standard InChI is InChI=1S/C19H21ClO2/c1-4-17(18(20)21)22-16-12-10-15(11-13-16)19(2,3)14-8-6-5-7-9-14/h5-13,17H,4H2,1-3H3/t17-/m1/s1. The summed E-state index contributed by atoms with van der Waals surface area (Å²) in [4.78, 5) is 11.2. The molecule has 0 unspecified atom stereocenters. The van der Waals surface area contributed by atoms with E-state index in [0.717, 1.165) is 0 Å². The van der Waals surface area contributed by atoms with Crippen LogP contribution < -0.4 is 4.74 Å². The van der Waals surface area contributed by atoms with Gasteiger partial charge in [0.05, 0.1) is 0 Å². The van der Waals surface area contributed by atoms with Crippen molar-refractivity contribution in [2.24, 2.45) is 0 Å². The van der Waals surface area contributed by atoms with Crippen LogP contribution in [0.2, 0.25) is 0 Å². The van der Waals surface area contributed by atoms with Gasteiger partial charge in [-0.25, -0.2) is 0 Å². The number of carbonyl (C=O) groups is 1. The zero-order chi connectivity index (χ0) is 16.2. The lowest BCUT2D eigenvalue weighted by Gasteiger charge is -2.26. The highest BCUT2D eigenvalue weighted by atomic mass is 35.5. The van der Waals surface area contributed by atoms with E-state index in [4.69, 9.17) is 16.3 Å². The van der Waals surface area contributed by atoms with Gasteiger partial charge in [-0.05, 0) is 41.3 Å². The molecule has 2 aromatic rings. The maximum absolute atomic E-state index is 11.2. The Kier molecular flexibility index (Phi) is 5.25. The number of hydrogen-bond acceptors (Lipinski definition) is 2. The molecule has 0 N–H and O–H groups in total. The number of carbonyl (C=O) groups excluding carboxylic acids is 1. The Morgan fingerprint density at radius 1 is 1.05 bits per heavy atom. The number of hydrogen-bond donors (Lipinski definition) is 0. The molecule has 2 nitrogen and oxygen atoms in total. The summed E-state index contributed by atoms with van der Waals surface area (Å²) in [6.07, 6.45) is -0.0331. The Hall–Kier alpha value is -1.80. The van der Waals surface area contributed by atoms with Gasteiger partial charge in [0.25, 0.3) is 5.24 Å². The van der Waals surface area contributed by atoms with Crippen molar-refractivity contribution in [3.63, 3.8) is 0 Å². The predicted molar refractivity (Wildman–Crippen MR) is 90.6 cm³/mol. The van der Waals surface area contributed by atoms with Crippen molar-refractivity contribution in [2.45, 2.75) is 38.7 Å². The van der Waals surface area contributed by atoms with Gasteiger partial charge in [-0.3, -0.25) is 4.79 Å². The normalized spacial score (nSPS) is 12.7. The fraction of sp³-hybridized carbons (Fsp3) is 0.316. The van der Waals surface area contributed by atoms with Gasteiger partial charge in [0.2, 0.25) is 0 Å². The third kappa shape index (κ3) is 3.69. The highest BCUT2D eigenvalue weighted by molar-refractivity contribution is 6.64. The average molecular weight is 317 g/mol. The summed E-state index contributed by atoms with van der Waals surface area (Å²) < 4.78 is 5.62. The maximum Gasteiger partial charge on any atom is 0.262 e. The lowest BCUT2D eigenvalue weighted by Crippen LogP contribution is -2.22. The van der Waals surface area contributed by atoms with E-state index in [0.29, 0.717) is 12.2 Å². The summed E-state index contributed by atoms with van der Waals surface area (Å²) >= 11 is 5.51. The summed E-state index contributed by atoms with van der Waals surface area (Å²) in [6, 6.07) is 18.2. The molecular formula is C19H21ClO2. The van der Waals surface area contributed by atoms with E-state index >= 15 is 0 Å². The molecule has 116 valence electrons. The lowest BCUT2D eigenvalue weighted by atomic mass is 9.78. The molecule has 0 aliphatic rings. The first-order valence-corrected chi connectivity index (χ1v) is 7.85. The highest BCUT2D eigenvalue weighted by Crippen LogP contribution is 2.32. The first-order chi connectivity index (χ1) is 10.4. The Labute approximate surface area is 137 Å². The fourth-order valence-electron chi connectivity index (χ4n) is 2.43. The average Bonchev–Trinajstić information content (AvgIpc) is 2.53. The van der Waals surface area contributed by atoms with Crippen LogP contribution in [0.5, 0.6) is 5.75 Å². The van der Waals surface area contributed by atoms with Crippen molar-refractivity contribution in [3.8, 4) is 5.75 Å². The molecule has 1 atom stereocenters. The van der Waals surface area contributed by atoms with Gasteiger partial charge in [-0.2, -0.15) is 0 Å². The van der Waals surface area contributed by atoms with E-state index in [1.54, 1.807) is 0 Å². The zero-order valence-electron chi connectivity index (χ0n) is 13.2. The molecule has 0 spiro atoms. The van der Waals surface area contributed by atoms with Gasteiger partial charge < -0.3 is 4.74 Å². The molecule has 0 saturated carbocycles. The summed E-state index contributed by atoms with van der Waals surface area (Å²) in [5, 5.41) is -0.462. The van der Waals surface area contributed by atoms with Crippen LogP contribution in [-0.4, -0.2) is 11.3 Å². The Bertz CT molecular complexity index is 618. The van der Waals surface area contributed by atoms with Crippen molar-refractivity contribution in [1.82, 2.24) is 0 Å². The minimum Gasteiger partial charge on any atom is -0.481 e. The molecule has 2 rings (SSSR count). The first kappa shape index (κ1) is 16.6. The quantitative estimate of drug-likeness (QED) is 0.706. The van der Waals surface area contributed by atoms with E-state index in [-0.39, 0.29) is 5.41 Å². The largest absolute Gasteiger partial charge is 0.481 e. The Balaban J connectivity index is 2.20. The third-order valence-corrected chi connectivity index (χ3v) is 4.22. The van der Waals surface area contributed by atoms with Crippen molar-refractivity contribution in [3.05, 3.63) is 65.7 Å². The second kappa shape index (κ2) is 6.97. The summed E-state index contributed by atoms with van der Waals surface area (Å²) in [5.74, 6) is 0.661. The van der Waals surface area contributed by atoms with Crippen LogP contribution in [0.4, 0.5) is 0 Å². The molecule has 0 bridgehead atoms. The van der Waals surface area contributed by atoms with E-state index in [9.17, 15) is 4.79 Å². The molecule has 0 heterocycles. The molecule has 0 aliphatic carbocycles. The van der Waals surface area contributed by atoms with Gasteiger partial charge >= 0.3 is 0 Å². The molecule has 0 fully saturated rings. The second-order valence-electron chi connectivity index (χ2n) is 5.83. The van der Waals surface area contributed by atoms with E-state index in [2.05, 4.69) is 26.0 Å². The van der Waals surface area contributed by atoms with Crippen LogP contribution in [0.25, 0.3) is 0 Å². The van der Waals surface area contributed by atoms with Crippen molar-refractivity contribution in [2.75, 3.05) is 0 Å². The fourth-order valence-corrected chi connectivity index (χ4v) is 2.62. The summed E-state index contributed by atoms with van der Waals surface area (Å²) in [7, 11) is 0. The predicted octanol–water partition coefficient (Wildman–Crippen LogP) is 4.94.